The second-order valence-electron chi connectivity index (χ2n) is 6.37. The first kappa shape index (κ1) is 17.5. The van der Waals surface area contributed by atoms with Crippen LogP contribution < -0.4 is 4.90 Å². The van der Waals surface area contributed by atoms with Crippen LogP contribution in [0.25, 0.3) is 11.4 Å². The molecule has 4 heterocycles. The Kier molecular flexibility index (Phi) is 4.81. The van der Waals surface area contributed by atoms with Crippen LogP contribution in [0, 0.1) is 11.7 Å². The largest absolute Gasteiger partial charge is 0.281 e. The van der Waals surface area contributed by atoms with Gasteiger partial charge >= 0.3 is 0 Å². The summed E-state index contributed by atoms with van der Waals surface area (Å²) in [6.07, 6.45) is 6.78. The lowest BCUT2D eigenvalue weighted by Crippen LogP contribution is -2.42. The van der Waals surface area contributed by atoms with Crippen LogP contribution in [0.4, 0.5) is 10.3 Å². The normalized spacial score (nSPS) is 17.3. The number of anilines is 1. The van der Waals surface area contributed by atoms with Gasteiger partial charge in [0, 0.05) is 36.6 Å². The number of piperidine rings is 1. The van der Waals surface area contributed by atoms with Crippen molar-refractivity contribution in [2.75, 3.05) is 11.4 Å². The lowest BCUT2D eigenvalue weighted by Gasteiger charge is -2.30. The number of carbonyl (C=O) groups excluding carboxylic acids is 1. The van der Waals surface area contributed by atoms with Gasteiger partial charge in [-0.1, -0.05) is 11.6 Å². The van der Waals surface area contributed by atoms with E-state index in [1.165, 1.54) is 12.3 Å². The van der Waals surface area contributed by atoms with Crippen molar-refractivity contribution in [1.29, 1.82) is 0 Å². The summed E-state index contributed by atoms with van der Waals surface area (Å²) in [6, 6.07) is 4.93. The number of halogens is 2. The number of pyridine rings is 2. The van der Waals surface area contributed by atoms with Crippen LogP contribution in [0.3, 0.4) is 0 Å². The van der Waals surface area contributed by atoms with Crippen LogP contribution in [0.1, 0.15) is 18.4 Å². The zero-order chi connectivity index (χ0) is 18.8. The van der Waals surface area contributed by atoms with Crippen molar-refractivity contribution in [1.82, 2.24) is 25.1 Å². The topological polar surface area (TPSA) is 87.7 Å². The van der Waals surface area contributed by atoms with Crippen molar-refractivity contribution in [2.24, 2.45) is 5.92 Å². The summed E-state index contributed by atoms with van der Waals surface area (Å²) in [6.45, 7) is 0.563. The van der Waals surface area contributed by atoms with Gasteiger partial charge in [0.05, 0.1) is 0 Å². The Balaban J connectivity index is 1.52. The molecule has 9 heteroatoms. The molecule has 1 fully saturated rings. The number of nitrogens with one attached hydrogen (secondary N) is 1. The number of carbonyl (C=O) groups is 1. The van der Waals surface area contributed by atoms with E-state index in [0.717, 1.165) is 18.4 Å². The van der Waals surface area contributed by atoms with Gasteiger partial charge in [0.25, 0.3) is 0 Å². The highest BCUT2D eigenvalue weighted by atomic mass is 35.5. The molecule has 0 aromatic carbocycles. The summed E-state index contributed by atoms with van der Waals surface area (Å²) in [7, 11) is 0. The number of aromatic amines is 1. The number of aromatic nitrogens is 5. The van der Waals surface area contributed by atoms with Gasteiger partial charge in [0.15, 0.2) is 16.8 Å². The summed E-state index contributed by atoms with van der Waals surface area (Å²) in [5, 5.41) is 6.87. The molecule has 1 atom stereocenters. The molecule has 1 aliphatic rings. The fourth-order valence-corrected chi connectivity index (χ4v) is 3.31. The first-order chi connectivity index (χ1) is 13.1. The lowest BCUT2D eigenvalue weighted by molar-refractivity contribution is -0.123. The van der Waals surface area contributed by atoms with Crippen molar-refractivity contribution in [3.63, 3.8) is 0 Å². The van der Waals surface area contributed by atoms with Crippen LogP contribution in [0.5, 0.6) is 0 Å². The third-order valence-corrected chi connectivity index (χ3v) is 4.83. The molecule has 0 spiro atoms. The molecule has 1 amide bonds. The maximum Gasteiger partial charge on any atom is 0.232 e. The fraction of sp³-hybridized carbons (Fsp3) is 0.278. The number of H-pyrrole nitrogens is 1. The maximum atomic E-state index is 13.6. The molecule has 3 aromatic rings. The maximum absolute atomic E-state index is 13.6. The highest BCUT2D eigenvalue weighted by Crippen LogP contribution is 2.26. The summed E-state index contributed by atoms with van der Waals surface area (Å²) in [4.78, 5) is 26.7. The summed E-state index contributed by atoms with van der Waals surface area (Å²) in [5.74, 6) is 0.0133. The van der Waals surface area contributed by atoms with Crippen LogP contribution in [-0.2, 0) is 11.2 Å². The Labute approximate surface area is 159 Å². The molecule has 138 valence electrons. The highest BCUT2D eigenvalue weighted by Gasteiger charge is 2.31. The van der Waals surface area contributed by atoms with Crippen molar-refractivity contribution in [2.45, 2.75) is 19.3 Å². The second kappa shape index (κ2) is 7.40. The van der Waals surface area contributed by atoms with E-state index in [0.29, 0.717) is 30.3 Å². The average molecular weight is 387 g/mol. The molecule has 3 aromatic heterocycles. The predicted molar refractivity (Wildman–Crippen MR) is 97.6 cm³/mol. The molecule has 0 saturated carbocycles. The van der Waals surface area contributed by atoms with Crippen LogP contribution in [0.2, 0.25) is 5.15 Å². The smallest absolute Gasteiger partial charge is 0.232 e. The van der Waals surface area contributed by atoms with E-state index in [2.05, 4.69) is 25.1 Å². The van der Waals surface area contributed by atoms with Crippen molar-refractivity contribution in [3.05, 3.63) is 53.3 Å². The number of hydrogen-bond donors (Lipinski definition) is 1. The Morgan fingerprint density at radius 1 is 1.33 bits per heavy atom. The molecule has 0 radical (unpaired) electrons. The number of rotatable bonds is 4. The summed E-state index contributed by atoms with van der Waals surface area (Å²) in [5.41, 5.74) is 1.46. The molecule has 0 aliphatic carbocycles. The summed E-state index contributed by atoms with van der Waals surface area (Å²) >= 11 is 5.62. The molecule has 0 bridgehead atoms. The molecule has 0 unspecified atom stereocenters. The molecule has 27 heavy (non-hydrogen) atoms. The van der Waals surface area contributed by atoms with Gasteiger partial charge in [-0.15, -0.1) is 0 Å². The van der Waals surface area contributed by atoms with Crippen molar-refractivity contribution < 1.29 is 9.18 Å². The van der Waals surface area contributed by atoms with E-state index in [9.17, 15) is 9.18 Å². The Bertz CT molecular complexity index is 963. The number of nitrogens with zero attached hydrogens (tertiary/aromatic N) is 5. The molecule has 1 aliphatic heterocycles. The minimum Gasteiger partial charge on any atom is -0.281 e. The third-order valence-electron chi connectivity index (χ3n) is 4.55. The van der Waals surface area contributed by atoms with Gasteiger partial charge in [0.1, 0.15) is 0 Å². The molecular formula is C18H16ClFN6O. The van der Waals surface area contributed by atoms with E-state index in [4.69, 9.17) is 11.6 Å². The minimum absolute atomic E-state index is 0.0611. The monoisotopic (exact) mass is 386 g/mol. The van der Waals surface area contributed by atoms with Gasteiger partial charge < -0.3 is 0 Å². The average Bonchev–Trinajstić information content (AvgIpc) is 3.17. The van der Waals surface area contributed by atoms with Crippen LogP contribution >= 0.6 is 11.6 Å². The van der Waals surface area contributed by atoms with Crippen molar-refractivity contribution in [3.8, 4) is 11.4 Å². The number of amides is 1. The van der Waals surface area contributed by atoms with E-state index < -0.39 is 5.82 Å². The van der Waals surface area contributed by atoms with E-state index in [1.807, 2.05) is 0 Å². The molecule has 7 nitrogen and oxygen atoms in total. The summed E-state index contributed by atoms with van der Waals surface area (Å²) < 4.78 is 13.6. The van der Waals surface area contributed by atoms with E-state index >= 15 is 0 Å². The third kappa shape index (κ3) is 3.66. The molecular weight excluding hydrogens is 371 g/mol. The Morgan fingerprint density at radius 2 is 2.15 bits per heavy atom. The van der Waals surface area contributed by atoms with Crippen molar-refractivity contribution >= 4 is 23.5 Å². The molecule has 1 saturated heterocycles. The first-order valence-electron chi connectivity index (χ1n) is 8.56. The highest BCUT2D eigenvalue weighted by molar-refractivity contribution is 6.29. The minimum atomic E-state index is -0.577. The lowest BCUT2D eigenvalue weighted by atomic mass is 9.91. The van der Waals surface area contributed by atoms with Crippen LogP contribution in [0.15, 0.2) is 36.8 Å². The van der Waals surface area contributed by atoms with E-state index in [-0.39, 0.29) is 17.0 Å². The van der Waals surface area contributed by atoms with Gasteiger partial charge in [-0.2, -0.15) is 10.1 Å². The Hall–Kier alpha value is -2.87. The molecule has 4 rings (SSSR count). The number of hydrogen-bond acceptors (Lipinski definition) is 5. The zero-order valence-corrected chi connectivity index (χ0v) is 15.0. The molecule has 1 N–H and O–H groups in total. The van der Waals surface area contributed by atoms with Gasteiger partial charge in [-0.25, -0.2) is 14.5 Å². The standard InChI is InChI=1S/C18H16ClFN6O/c19-15-14(20)9-11(10-22-15)8-13-2-1-7-26(17(13)27)18-23-16(24-25-18)12-3-5-21-6-4-12/h3-6,9-10,13H,1-2,7-8H2,(H,23,24,25)/t13-/m1/s1. The van der Waals surface area contributed by atoms with E-state index in [1.54, 1.807) is 29.4 Å². The van der Waals surface area contributed by atoms with Gasteiger partial charge in [0.2, 0.25) is 11.9 Å². The second-order valence-corrected chi connectivity index (χ2v) is 6.73. The quantitative estimate of drug-likeness (QED) is 0.696. The fourth-order valence-electron chi connectivity index (χ4n) is 3.21. The Morgan fingerprint density at radius 3 is 2.93 bits per heavy atom. The van der Waals surface area contributed by atoms with Gasteiger partial charge in [-0.05, 0) is 43.0 Å². The zero-order valence-electron chi connectivity index (χ0n) is 14.3. The van der Waals surface area contributed by atoms with Gasteiger partial charge in [-0.3, -0.25) is 14.7 Å². The first-order valence-corrected chi connectivity index (χ1v) is 8.93. The van der Waals surface area contributed by atoms with Crippen LogP contribution in [-0.4, -0.2) is 37.6 Å². The predicted octanol–water partition coefficient (Wildman–Crippen LogP) is 3.04. The SMILES string of the molecule is O=C1[C@@H](Cc2cnc(Cl)c(F)c2)CCCN1c1nc(-c2ccncc2)n[nH]1.